The fraction of sp³-hybridized carbons (Fsp3) is 0.414. The molecule has 2 aromatic carbocycles. The number of nitrogens with one attached hydrogen (secondary N) is 2. The maximum atomic E-state index is 10.0. The number of aromatic nitrogens is 2. The van der Waals surface area contributed by atoms with Crippen LogP contribution in [0, 0.1) is 18.3 Å². The van der Waals surface area contributed by atoms with Crippen molar-refractivity contribution in [2.45, 2.75) is 50.7 Å². The standard InChI is InChI=1S/C29H32B2N6O2/c1-17-13-37(14-18(2)39-17)29(30,31)22-6-5-7-24(19(22)3)35-27-33-9-8-25(36-27)20-10-21(12-32)26-23(11-20)28(4,16-38)15-34-26/h5-11,17-18,34,38H,13-16H2,1-4H3,(H,33,35,36)/t17?,18?,28-/m1/s1. The van der Waals surface area contributed by atoms with Crippen LogP contribution in [0.1, 0.15) is 43.0 Å². The third-order valence-electron chi connectivity index (χ3n) is 7.82. The van der Waals surface area contributed by atoms with Gasteiger partial charge in [-0.15, -0.1) is 0 Å². The van der Waals surface area contributed by atoms with E-state index in [9.17, 15) is 10.4 Å². The molecule has 3 atom stereocenters. The number of hydrogen-bond acceptors (Lipinski definition) is 8. The van der Waals surface area contributed by atoms with E-state index in [4.69, 9.17) is 25.4 Å². The van der Waals surface area contributed by atoms with Crippen molar-refractivity contribution in [2.75, 3.05) is 36.9 Å². The Kier molecular flexibility index (Phi) is 7.19. The first-order chi connectivity index (χ1) is 18.6. The van der Waals surface area contributed by atoms with Gasteiger partial charge in [0.25, 0.3) is 0 Å². The van der Waals surface area contributed by atoms with Crippen LogP contribution in [0.25, 0.3) is 11.3 Å². The van der Waals surface area contributed by atoms with Crippen molar-refractivity contribution in [2.24, 2.45) is 0 Å². The van der Waals surface area contributed by atoms with Gasteiger partial charge in [0, 0.05) is 42.5 Å². The van der Waals surface area contributed by atoms with Crippen molar-refractivity contribution in [3.05, 3.63) is 64.8 Å². The third-order valence-corrected chi connectivity index (χ3v) is 7.82. The highest BCUT2D eigenvalue weighted by Gasteiger charge is 2.36. The van der Waals surface area contributed by atoms with Crippen molar-refractivity contribution in [1.82, 2.24) is 14.9 Å². The minimum Gasteiger partial charge on any atom is -0.395 e. The molecule has 0 aliphatic carbocycles. The van der Waals surface area contributed by atoms with Crippen molar-refractivity contribution in [3.8, 4) is 17.3 Å². The predicted molar refractivity (Wildman–Crippen MR) is 154 cm³/mol. The molecule has 0 saturated carbocycles. The van der Waals surface area contributed by atoms with E-state index in [1.54, 1.807) is 6.20 Å². The van der Waals surface area contributed by atoms with Gasteiger partial charge in [-0.05, 0) is 67.1 Å². The van der Waals surface area contributed by atoms with Crippen molar-refractivity contribution in [1.29, 1.82) is 5.26 Å². The Labute approximate surface area is 232 Å². The van der Waals surface area contributed by atoms with Gasteiger partial charge in [0.1, 0.15) is 6.07 Å². The Balaban J connectivity index is 1.46. The summed E-state index contributed by atoms with van der Waals surface area (Å²) >= 11 is 0. The number of fused-ring (bicyclic) bond motifs is 1. The molecule has 0 bridgehead atoms. The molecule has 2 unspecified atom stereocenters. The van der Waals surface area contributed by atoms with Crippen LogP contribution >= 0.6 is 0 Å². The molecule has 1 aromatic heterocycles. The lowest BCUT2D eigenvalue weighted by Crippen LogP contribution is -2.56. The van der Waals surface area contributed by atoms with E-state index in [2.05, 4.69) is 26.6 Å². The molecule has 10 heteroatoms. The lowest BCUT2D eigenvalue weighted by atomic mass is 9.55. The van der Waals surface area contributed by atoms with Gasteiger partial charge in [-0.2, -0.15) is 5.26 Å². The molecule has 4 radical (unpaired) electrons. The zero-order valence-electron chi connectivity index (χ0n) is 22.8. The van der Waals surface area contributed by atoms with Crippen LogP contribution < -0.4 is 10.6 Å². The molecular formula is C29H32B2N6O2. The number of nitriles is 1. The number of ether oxygens (including phenoxy) is 1. The maximum absolute atomic E-state index is 10.0. The molecule has 5 rings (SSSR count). The van der Waals surface area contributed by atoms with Gasteiger partial charge in [0.15, 0.2) is 0 Å². The SMILES string of the molecule is [B]C([B])(c1cccc(Nc2nccc(-c3cc(C#N)c4c(c3)[C@@](C)(CO)CN4)n2)c1C)N1CC(C)OC(C)C1. The molecule has 196 valence electrons. The number of benzene rings is 2. The summed E-state index contributed by atoms with van der Waals surface area (Å²) in [5.41, 5.74) is 5.66. The molecule has 1 fully saturated rings. The number of rotatable bonds is 6. The quantitative estimate of drug-likeness (QED) is 0.427. The molecular weight excluding hydrogens is 486 g/mol. The van der Waals surface area contributed by atoms with Crippen molar-refractivity contribution in [3.63, 3.8) is 0 Å². The highest BCUT2D eigenvalue weighted by atomic mass is 16.5. The molecule has 8 nitrogen and oxygen atoms in total. The summed E-state index contributed by atoms with van der Waals surface area (Å²) in [4.78, 5) is 11.2. The highest BCUT2D eigenvalue weighted by molar-refractivity contribution is 6.39. The number of hydrogen-bond donors (Lipinski definition) is 3. The first-order valence-electron chi connectivity index (χ1n) is 13.2. The van der Waals surface area contributed by atoms with Crippen LogP contribution in [-0.2, 0) is 15.5 Å². The van der Waals surface area contributed by atoms with E-state index in [0.29, 0.717) is 36.8 Å². The minimum absolute atomic E-state index is 0.0282. The first kappa shape index (κ1) is 27.2. The summed E-state index contributed by atoms with van der Waals surface area (Å²) in [5.74, 6) is 0.406. The second kappa shape index (κ2) is 10.3. The van der Waals surface area contributed by atoms with E-state index in [1.165, 1.54) is 0 Å². The Morgan fingerprint density at radius 2 is 2.00 bits per heavy atom. The lowest BCUT2D eigenvalue weighted by Gasteiger charge is -2.47. The molecule has 3 heterocycles. The molecule has 3 N–H and O–H groups in total. The monoisotopic (exact) mass is 518 g/mol. The van der Waals surface area contributed by atoms with Crippen LogP contribution in [0.2, 0.25) is 0 Å². The summed E-state index contributed by atoms with van der Waals surface area (Å²) in [5, 5.41) is 25.2. The second-order valence-corrected chi connectivity index (χ2v) is 11.0. The average Bonchev–Trinajstić information content (AvgIpc) is 3.26. The lowest BCUT2D eigenvalue weighted by molar-refractivity contribution is -0.0777. The van der Waals surface area contributed by atoms with Crippen LogP contribution in [0.3, 0.4) is 0 Å². The number of morpholine rings is 1. The van der Waals surface area contributed by atoms with Gasteiger partial charge >= 0.3 is 0 Å². The minimum atomic E-state index is -1.18. The summed E-state index contributed by atoms with van der Waals surface area (Å²) in [6, 6.07) is 13.7. The second-order valence-electron chi connectivity index (χ2n) is 11.0. The number of aliphatic hydroxyl groups is 1. The zero-order chi connectivity index (χ0) is 27.9. The van der Waals surface area contributed by atoms with Gasteiger partial charge in [0.05, 0.1) is 51.5 Å². The zero-order valence-corrected chi connectivity index (χ0v) is 22.8. The van der Waals surface area contributed by atoms with Crippen LogP contribution in [0.15, 0.2) is 42.6 Å². The number of nitrogens with zero attached hydrogens (tertiary/aromatic N) is 4. The summed E-state index contributed by atoms with van der Waals surface area (Å²) < 4.78 is 5.87. The van der Waals surface area contributed by atoms with E-state index in [-0.39, 0.29) is 18.8 Å². The van der Waals surface area contributed by atoms with Crippen molar-refractivity contribution >= 4 is 33.0 Å². The van der Waals surface area contributed by atoms with E-state index in [0.717, 1.165) is 33.6 Å². The van der Waals surface area contributed by atoms with Crippen LogP contribution in [0.4, 0.5) is 17.3 Å². The molecule has 3 aromatic rings. The van der Waals surface area contributed by atoms with Gasteiger partial charge in [-0.25, -0.2) is 9.97 Å². The predicted octanol–water partition coefficient (Wildman–Crippen LogP) is 3.30. The fourth-order valence-corrected chi connectivity index (χ4v) is 5.62. The highest BCUT2D eigenvalue weighted by Crippen LogP contribution is 2.41. The molecule has 2 aliphatic heterocycles. The summed E-state index contributed by atoms with van der Waals surface area (Å²) in [6.07, 6.45) is 1.74. The maximum Gasteiger partial charge on any atom is 0.227 e. The molecule has 1 saturated heterocycles. The van der Waals surface area contributed by atoms with Crippen molar-refractivity contribution < 1.29 is 9.84 Å². The third kappa shape index (κ3) is 5.03. The largest absolute Gasteiger partial charge is 0.395 e. The van der Waals surface area contributed by atoms with Crippen LogP contribution in [-0.4, -0.2) is 74.1 Å². The average molecular weight is 518 g/mol. The first-order valence-corrected chi connectivity index (χ1v) is 13.2. The normalized spacial score (nSPS) is 23.1. The van der Waals surface area contributed by atoms with Crippen LogP contribution in [0.5, 0.6) is 0 Å². The Morgan fingerprint density at radius 3 is 2.69 bits per heavy atom. The molecule has 0 spiro atoms. The topological polar surface area (TPSA) is 106 Å². The number of aliphatic hydroxyl groups excluding tert-OH is 1. The molecule has 0 amide bonds. The molecule has 2 aliphatic rings. The fourth-order valence-electron chi connectivity index (χ4n) is 5.62. The summed E-state index contributed by atoms with van der Waals surface area (Å²) in [7, 11) is 13.5. The van der Waals surface area contributed by atoms with Gasteiger partial charge in [0.2, 0.25) is 5.95 Å². The number of anilines is 3. The van der Waals surface area contributed by atoms with E-state index < -0.39 is 10.8 Å². The summed E-state index contributed by atoms with van der Waals surface area (Å²) in [6.45, 7) is 9.81. The smallest absolute Gasteiger partial charge is 0.227 e. The van der Waals surface area contributed by atoms with Gasteiger partial charge < -0.3 is 25.4 Å². The Morgan fingerprint density at radius 1 is 1.26 bits per heavy atom. The Bertz CT molecular complexity index is 1430. The Hall–Kier alpha value is -3.38. The molecule has 39 heavy (non-hydrogen) atoms. The van der Waals surface area contributed by atoms with E-state index >= 15 is 0 Å². The van der Waals surface area contributed by atoms with Gasteiger partial charge in [-0.1, -0.05) is 19.1 Å². The van der Waals surface area contributed by atoms with E-state index in [1.807, 2.05) is 64.1 Å². The van der Waals surface area contributed by atoms with Gasteiger partial charge in [-0.3, -0.25) is 0 Å².